The number of ether oxygens (including phenoxy) is 2. The SMILES string of the molecule is O=S(=O)(CC1CCOCC1)Nc1c[nH]c2ccc(CCOc3ccc(C(F)(F)F)cc3)cc12. The maximum absolute atomic E-state index is 12.7. The van der Waals surface area contributed by atoms with Crippen LogP contribution in [-0.2, 0) is 27.4 Å². The number of fused-ring (bicyclic) bond motifs is 1. The molecule has 0 bridgehead atoms. The summed E-state index contributed by atoms with van der Waals surface area (Å²) in [5.74, 6) is 0.496. The van der Waals surface area contributed by atoms with Gasteiger partial charge in [-0.3, -0.25) is 4.72 Å². The minimum Gasteiger partial charge on any atom is -0.493 e. The van der Waals surface area contributed by atoms with Gasteiger partial charge in [-0.15, -0.1) is 0 Å². The first-order valence-corrected chi connectivity index (χ1v) is 12.3. The molecule has 1 fully saturated rings. The number of H-pyrrole nitrogens is 1. The fourth-order valence-electron chi connectivity index (χ4n) is 3.87. The summed E-state index contributed by atoms with van der Waals surface area (Å²) in [5, 5.41) is 0.748. The van der Waals surface area contributed by atoms with Gasteiger partial charge < -0.3 is 14.5 Å². The molecule has 6 nitrogen and oxygen atoms in total. The normalized spacial score (nSPS) is 15.6. The van der Waals surface area contributed by atoms with Crippen LogP contribution in [0.5, 0.6) is 5.75 Å². The van der Waals surface area contributed by atoms with Gasteiger partial charge in [0.25, 0.3) is 0 Å². The number of aromatic nitrogens is 1. The number of sulfonamides is 1. The van der Waals surface area contributed by atoms with Crippen molar-refractivity contribution >= 4 is 26.6 Å². The number of hydrogen-bond donors (Lipinski definition) is 2. The van der Waals surface area contributed by atoms with E-state index in [1.54, 1.807) is 6.20 Å². The van der Waals surface area contributed by atoms with Crippen molar-refractivity contribution in [1.82, 2.24) is 4.98 Å². The van der Waals surface area contributed by atoms with E-state index in [-0.39, 0.29) is 18.3 Å². The quantitative estimate of drug-likeness (QED) is 0.475. The summed E-state index contributed by atoms with van der Waals surface area (Å²) in [4.78, 5) is 3.07. The summed E-state index contributed by atoms with van der Waals surface area (Å²) in [6, 6.07) is 10.2. The first kappa shape index (κ1) is 23.4. The highest BCUT2D eigenvalue weighted by Crippen LogP contribution is 2.30. The smallest absolute Gasteiger partial charge is 0.416 e. The lowest BCUT2D eigenvalue weighted by atomic mass is 10.0. The highest BCUT2D eigenvalue weighted by atomic mass is 32.2. The molecule has 2 aromatic carbocycles. The van der Waals surface area contributed by atoms with Gasteiger partial charge in [0, 0.05) is 36.7 Å². The molecule has 1 aliphatic heterocycles. The van der Waals surface area contributed by atoms with Gasteiger partial charge in [-0.2, -0.15) is 13.2 Å². The molecular weight excluding hydrogens is 457 g/mol. The van der Waals surface area contributed by atoms with Gasteiger partial charge in [0.15, 0.2) is 0 Å². The zero-order valence-electron chi connectivity index (χ0n) is 17.8. The third kappa shape index (κ3) is 6.20. The van der Waals surface area contributed by atoms with Gasteiger partial charge in [0.05, 0.1) is 23.6 Å². The molecule has 2 heterocycles. The van der Waals surface area contributed by atoms with Crippen molar-refractivity contribution < 1.29 is 31.1 Å². The first-order valence-electron chi connectivity index (χ1n) is 10.7. The molecule has 2 N–H and O–H groups in total. The Labute approximate surface area is 190 Å². The Morgan fingerprint density at radius 2 is 1.82 bits per heavy atom. The van der Waals surface area contributed by atoms with Gasteiger partial charge >= 0.3 is 6.18 Å². The molecule has 0 unspecified atom stereocenters. The van der Waals surface area contributed by atoms with E-state index in [0.29, 0.717) is 31.1 Å². The van der Waals surface area contributed by atoms with Crippen LogP contribution in [0.1, 0.15) is 24.0 Å². The molecule has 4 rings (SSSR count). The average Bonchev–Trinajstić information content (AvgIpc) is 3.15. The van der Waals surface area contributed by atoms with Crippen LogP contribution < -0.4 is 9.46 Å². The van der Waals surface area contributed by atoms with Crippen LogP contribution in [-0.4, -0.2) is 39.0 Å². The van der Waals surface area contributed by atoms with Crippen LogP contribution in [0, 0.1) is 5.92 Å². The van der Waals surface area contributed by atoms with Crippen molar-refractivity contribution in [2.24, 2.45) is 5.92 Å². The number of benzene rings is 2. The molecule has 1 aromatic heterocycles. The lowest BCUT2D eigenvalue weighted by molar-refractivity contribution is -0.137. The lowest BCUT2D eigenvalue weighted by Crippen LogP contribution is -2.27. The molecule has 178 valence electrons. The fourth-order valence-corrected chi connectivity index (χ4v) is 5.41. The number of anilines is 1. The van der Waals surface area contributed by atoms with E-state index in [0.717, 1.165) is 41.4 Å². The average molecular weight is 483 g/mol. The molecule has 1 aliphatic rings. The van der Waals surface area contributed by atoms with E-state index in [2.05, 4.69) is 9.71 Å². The van der Waals surface area contributed by atoms with Gasteiger partial charge in [0.2, 0.25) is 10.0 Å². The Morgan fingerprint density at radius 3 is 2.52 bits per heavy atom. The third-order valence-electron chi connectivity index (χ3n) is 5.65. The molecule has 10 heteroatoms. The van der Waals surface area contributed by atoms with Crippen molar-refractivity contribution in [3.8, 4) is 5.75 Å². The van der Waals surface area contributed by atoms with E-state index in [9.17, 15) is 21.6 Å². The Bertz CT molecular complexity index is 1180. The molecule has 33 heavy (non-hydrogen) atoms. The van der Waals surface area contributed by atoms with Gasteiger partial charge in [-0.25, -0.2) is 8.42 Å². The molecule has 0 saturated carbocycles. The molecule has 1 saturated heterocycles. The second-order valence-corrected chi connectivity index (χ2v) is 9.91. The Morgan fingerprint density at radius 1 is 1.09 bits per heavy atom. The van der Waals surface area contributed by atoms with Crippen molar-refractivity contribution in [1.29, 1.82) is 0 Å². The van der Waals surface area contributed by atoms with E-state index in [1.807, 2.05) is 18.2 Å². The summed E-state index contributed by atoms with van der Waals surface area (Å²) in [6.45, 7) is 1.45. The van der Waals surface area contributed by atoms with Crippen LogP contribution in [0.15, 0.2) is 48.7 Å². The van der Waals surface area contributed by atoms with Crippen molar-refractivity contribution in [2.45, 2.75) is 25.4 Å². The molecule has 0 aliphatic carbocycles. The standard InChI is InChI=1S/C23H25F3N2O4S/c24-23(25,26)18-2-4-19(5-3-18)32-12-9-16-1-6-21-20(13-16)22(14-27-21)28-33(29,30)15-17-7-10-31-11-8-17/h1-6,13-14,17,27-28H,7-12,15H2. The van der Waals surface area contributed by atoms with E-state index in [4.69, 9.17) is 9.47 Å². The van der Waals surface area contributed by atoms with E-state index in [1.165, 1.54) is 12.1 Å². The molecule has 0 amide bonds. The van der Waals surface area contributed by atoms with E-state index < -0.39 is 21.8 Å². The second kappa shape index (κ2) is 9.64. The van der Waals surface area contributed by atoms with E-state index >= 15 is 0 Å². The topological polar surface area (TPSA) is 80.4 Å². The minimum atomic E-state index is -4.38. The number of alkyl halides is 3. The van der Waals surface area contributed by atoms with Crippen molar-refractivity contribution in [3.05, 3.63) is 59.8 Å². The Hall–Kier alpha value is -2.72. The van der Waals surface area contributed by atoms with Crippen molar-refractivity contribution in [3.63, 3.8) is 0 Å². The van der Waals surface area contributed by atoms with Crippen LogP contribution in [0.25, 0.3) is 10.9 Å². The maximum atomic E-state index is 12.7. The first-order chi connectivity index (χ1) is 15.7. The second-order valence-electron chi connectivity index (χ2n) is 8.14. The summed E-state index contributed by atoms with van der Waals surface area (Å²) < 4.78 is 76.8. The highest BCUT2D eigenvalue weighted by molar-refractivity contribution is 7.92. The van der Waals surface area contributed by atoms with Gasteiger partial charge in [-0.1, -0.05) is 6.07 Å². The molecular formula is C23H25F3N2O4S. The molecule has 0 radical (unpaired) electrons. The molecule has 0 atom stereocenters. The van der Waals surface area contributed by atoms with Crippen LogP contribution in [0.3, 0.4) is 0 Å². The molecule has 0 spiro atoms. The largest absolute Gasteiger partial charge is 0.493 e. The summed E-state index contributed by atoms with van der Waals surface area (Å²) >= 11 is 0. The number of nitrogens with one attached hydrogen (secondary N) is 2. The lowest BCUT2D eigenvalue weighted by Gasteiger charge is -2.21. The predicted molar refractivity (Wildman–Crippen MR) is 120 cm³/mol. The Balaban J connectivity index is 1.38. The van der Waals surface area contributed by atoms with Crippen molar-refractivity contribution in [2.75, 3.05) is 30.3 Å². The maximum Gasteiger partial charge on any atom is 0.416 e. The monoisotopic (exact) mass is 482 g/mol. The van der Waals surface area contributed by atoms with Crippen LogP contribution >= 0.6 is 0 Å². The summed E-state index contributed by atoms with van der Waals surface area (Å²) in [6.07, 6.45) is -0.768. The summed E-state index contributed by atoms with van der Waals surface area (Å²) in [7, 11) is -3.51. The fraction of sp³-hybridized carbons (Fsp3) is 0.391. The zero-order valence-corrected chi connectivity index (χ0v) is 18.6. The van der Waals surface area contributed by atoms with Gasteiger partial charge in [0.1, 0.15) is 5.75 Å². The third-order valence-corrected chi connectivity index (χ3v) is 7.09. The van der Waals surface area contributed by atoms with Gasteiger partial charge in [-0.05, 0) is 60.7 Å². The minimum absolute atomic E-state index is 0.0592. The number of hydrogen-bond acceptors (Lipinski definition) is 4. The Kier molecular flexibility index (Phi) is 6.85. The predicted octanol–water partition coefficient (Wildman–Crippen LogP) is 4.98. The zero-order chi connectivity index (χ0) is 23.5. The highest BCUT2D eigenvalue weighted by Gasteiger charge is 2.30. The molecule has 3 aromatic rings. The number of halogens is 3. The summed E-state index contributed by atoms with van der Waals surface area (Å²) in [5.41, 5.74) is 1.48. The number of aromatic amines is 1. The van der Waals surface area contributed by atoms with Crippen LogP contribution in [0.2, 0.25) is 0 Å². The number of rotatable bonds is 8. The van der Waals surface area contributed by atoms with Crippen LogP contribution in [0.4, 0.5) is 18.9 Å².